The number of carboxylic acid groups (broad SMARTS) is 1. The van der Waals surface area contributed by atoms with Crippen molar-refractivity contribution in [1.29, 1.82) is 0 Å². The third-order valence-electron chi connectivity index (χ3n) is 4.82. The first-order valence-corrected chi connectivity index (χ1v) is 10.2. The van der Waals surface area contributed by atoms with E-state index in [4.69, 9.17) is 4.74 Å². The molecule has 1 N–H and O–H groups in total. The maximum Gasteiger partial charge on any atom is 0.336 e. The van der Waals surface area contributed by atoms with Crippen molar-refractivity contribution in [3.63, 3.8) is 0 Å². The standard InChI is InChI=1S/C24H32O3/c1-3-5-7-9-17-27-21-15-16-22(24(25)26)23(18-21)20-13-11-19(12-14-20)10-8-6-4-2/h11-16,18H,3-10,17H2,1-2H3,(H,25,26). The predicted octanol–water partition coefficient (Wildman–Crippen LogP) is 6.74. The highest BCUT2D eigenvalue weighted by Crippen LogP contribution is 2.29. The van der Waals surface area contributed by atoms with Crippen molar-refractivity contribution >= 4 is 5.97 Å². The predicted molar refractivity (Wildman–Crippen MR) is 112 cm³/mol. The Morgan fingerprint density at radius 1 is 0.889 bits per heavy atom. The van der Waals surface area contributed by atoms with E-state index >= 15 is 0 Å². The number of rotatable bonds is 12. The summed E-state index contributed by atoms with van der Waals surface area (Å²) < 4.78 is 5.85. The highest BCUT2D eigenvalue weighted by Gasteiger charge is 2.13. The molecule has 0 atom stereocenters. The van der Waals surface area contributed by atoms with Crippen LogP contribution in [0.3, 0.4) is 0 Å². The van der Waals surface area contributed by atoms with Crippen molar-refractivity contribution in [3.05, 3.63) is 53.6 Å². The molecule has 3 heteroatoms. The first-order valence-electron chi connectivity index (χ1n) is 10.2. The zero-order chi connectivity index (χ0) is 19.5. The van der Waals surface area contributed by atoms with Crippen LogP contribution in [0.15, 0.2) is 42.5 Å². The quantitative estimate of drug-likeness (QED) is 0.422. The van der Waals surface area contributed by atoms with E-state index in [0.717, 1.165) is 30.6 Å². The van der Waals surface area contributed by atoms with E-state index in [-0.39, 0.29) is 0 Å². The first kappa shape index (κ1) is 21.0. The lowest BCUT2D eigenvalue weighted by Crippen LogP contribution is -2.02. The minimum Gasteiger partial charge on any atom is -0.494 e. The van der Waals surface area contributed by atoms with Gasteiger partial charge in [0.25, 0.3) is 0 Å². The number of carbonyl (C=O) groups is 1. The van der Waals surface area contributed by atoms with Crippen LogP contribution in [0, 0.1) is 0 Å². The van der Waals surface area contributed by atoms with Crippen LogP contribution in [-0.4, -0.2) is 17.7 Å². The second-order valence-corrected chi connectivity index (χ2v) is 7.08. The fourth-order valence-electron chi connectivity index (χ4n) is 3.19. The Kier molecular flexibility index (Phi) is 8.90. The van der Waals surface area contributed by atoms with Crippen molar-refractivity contribution in [2.45, 2.75) is 65.2 Å². The summed E-state index contributed by atoms with van der Waals surface area (Å²) in [4.78, 5) is 11.6. The first-order chi connectivity index (χ1) is 13.2. The molecule has 0 aliphatic heterocycles. The molecule has 0 amide bonds. The lowest BCUT2D eigenvalue weighted by molar-refractivity contribution is 0.0697. The monoisotopic (exact) mass is 368 g/mol. The second kappa shape index (κ2) is 11.4. The Hall–Kier alpha value is -2.29. The number of hydrogen-bond acceptors (Lipinski definition) is 2. The van der Waals surface area contributed by atoms with Gasteiger partial charge in [-0.15, -0.1) is 0 Å². The van der Waals surface area contributed by atoms with E-state index in [1.54, 1.807) is 12.1 Å². The van der Waals surface area contributed by atoms with Gasteiger partial charge in [0.2, 0.25) is 0 Å². The molecule has 0 saturated carbocycles. The van der Waals surface area contributed by atoms with Gasteiger partial charge in [0, 0.05) is 0 Å². The Morgan fingerprint density at radius 3 is 2.26 bits per heavy atom. The molecular weight excluding hydrogens is 336 g/mol. The fourth-order valence-corrected chi connectivity index (χ4v) is 3.19. The number of aromatic carboxylic acids is 1. The summed E-state index contributed by atoms with van der Waals surface area (Å²) in [5.74, 6) is -0.176. The zero-order valence-corrected chi connectivity index (χ0v) is 16.7. The van der Waals surface area contributed by atoms with Crippen LogP contribution in [0.4, 0.5) is 0 Å². The molecule has 0 fully saturated rings. The summed E-state index contributed by atoms with van der Waals surface area (Å²) in [5.41, 5.74) is 3.25. The van der Waals surface area contributed by atoms with Gasteiger partial charge in [-0.3, -0.25) is 0 Å². The van der Waals surface area contributed by atoms with Crippen LogP contribution in [0.5, 0.6) is 5.75 Å². The van der Waals surface area contributed by atoms with Crippen molar-refractivity contribution < 1.29 is 14.6 Å². The van der Waals surface area contributed by atoms with Crippen molar-refractivity contribution in [2.75, 3.05) is 6.61 Å². The van der Waals surface area contributed by atoms with Crippen molar-refractivity contribution in [3.8, 4) is 16.9 Å². The van der Waals surface area contributed by atoms with Crippen LogP contribution >= 0.6 is 0 Å². The molecule has 146 valence electrons. The number of benzene rings is 2. The third kappa shape index (κ3) is 6.74. The maximum atomic E-state index is 11.6. The van der Waals surface area contributed by atoms with Gasteiger partial charge in [0.1, 0.15) is 5.75 Å². The average molecular weight is 369 g/mol. The van der Waals surface area contributed by atoms with Gasteiger partial charge in [0.15, 0.2) is 0 Å². The number of unbranched alkanes of at least 4 members (excludes halogenated alkanes) is 5. The molecule has 0 heterocycles. The largest absolute Gasteiger partial charge is 0.494 e. The normalized spacial score (nSPS) is 10.7. The lowest BCUT2D eigenvalue weighted by atomic mass is 9.97. The number of carboxylic acids is 1. The topological polar surface area (TPSA) is 46.5 Å². The summed E-state index contributed by atoms with van der Waals surface area (Å²) in [6.45, 7) is 5.06. The number of aryl methyl sites for hydroxylation is 1. The fraction of sp³-hybridized carbons (Fsp3) is 0.458. The van der Waals surface area contributed by atoms with Crippen LogP contribution in [0.25, 0.3) is 11.1 Å². The maximum absolute atomic E-state index is 11.6. The molecule has 0 aromatic heterocycles. The van der Waals surface area contributed by atoms with Crippen LogP contribution in [-0.2, 0) is 6.42 Å². The molecular formula is C24H32O3. The highest BCUT2D eigenvalue weighted by atomic mass is 16.5. The average Bonchev–Trinajstić information content (AvgIpc) is 2.68. The van der Waals surface area contributed by atoms with E-state index in [1.165, 1.54) is 37.7 Å². The molecule has 27 heavy (non-hydrogen) atoms. The van der Waals surface area contributed by atoms with Crippen molar-refractivity contribution in [1.82, 2.24) is 0 Å². The van der Waals surface area contributed by atoms with Gasteiger partial charge >= 0.3 is 5.97 Å². The van der Waals surface area contributed by atoms with Gasteiger partial charge in [-0.05, 0) is 54.2 Å². The van der Waals surface area contributed by atoms with E-state index < -0.39 is 5.97 Å². The summed E-state index contributed by atoms with van der Waals surface area (Å²) >= 11 is 0. The molecule has 0 saturated heterocycles. The highest BCUT2D eigenvalue weighted by molar-refractivity contribution is 5.96. The number of hydrogen-bond donors (Lipinski definition) is 1. The van der Waals surface area contributed by atoms with Gasteiger partial charge in [-0.1, -0.05) is 70.2 Å². The number of ether oxygens (including phenoxy) is 1. The molecule has 0 spiro atoms. The molecule has 3 nitrogen and oxygen atoms in total. The van der Waals surface area contributed by atoms with E-state index in [0.29, 0.717) is 17.7 Å². The van der Waals surface area contributed by atoms with Crippen LogP contribution < -0.4 is 4.74 Å². The molecule has 0 aliphatic carbocycles. The minimum atomic E-state index is -0.911. The van der Waals surface area contributed by atoms with E-state index in [9.17, 15) is 9.90 Å². The molecule has 0 aliphatic rings. The van der Waals surface area contributed by atoms with Gasteiger partial charge in [-0.25, -0.2) is 4.79 Å². The third-order valence-corrected chi connectivity index (χ3v) is 4.82. The Bertz CT molecular complexity index is 704. The lowest BCUT2D eigenvalue weighted by Gasteiger charge is -2.12. The van der Waals surface area contributed by atoms with Gasteiger partial charge in [-0.2, -0.15) is 0 Å². The molecule has 2 rings (SSSR count). The molecule has 0 unspecified atom stereocenters. The minimum absolute atomic E-state index is 0.312. The zero-order valence-electron chi connectivity index (χ0n) is 16.7. The summed E-state index contributed by atoms with van der Waals surface area (Å²) in [6, 6.07) is 13.5. The summed E-state index contributed by atoms with van der Waals surface area (Å²) in [6.07, 6.45) is 9.32. The van der Waals surface area contributed by atoms with Gasteiger partial charge < -0.3 is 9.84 Å². The molecule has 2 aromatic rings. The summed E-state index contributed by atoms with van der Waals surface area (Å²) in [7, 11) is 0. The molecule has 2 aromatic carbocycles. The van der Waals surface area contributed by atoms with Crippen LogP contribution in [0.2, 0.25) is 0 Å². The second-order valence-electron chi connectivity index (χ2n) is 7.08. The molecule has 0 bridgehead atoms. The Labute approximate surface area is 163 Å². The molecule has 0 radical (unpaired) electrons. The van der Waals surface area contributed by atoms with E-state index in [2.05, 4.69) is 26.0 Å². The van der Waals surface area contributed by atoms with Gasteiger partial charge in [0.05, 0.1) is 12.2 Å². The van der Waals surface area contributed by atoms with Crippen molar-refractivity contribution in [2.24, 2.45) is 0 Å². The van der Waals surface area contributed by atoms with Crippen LogP contribution in [0.1, 0.15) is 74.7 Å². The SMILES string of the molecule is CCCCCCOc1ccc(C(=O)O)c(-c2ccc(CCCCC)cc2)c1. The van der Waals surface area contributed by atoms with E-state index in [1.807, 2.05) is 18.2 Å². The Morgan fingerprint density at radius 2 is 1.59 bits per heavy atom. The Balaban J connectivity index is 2.12. The summed E-state index contributed by atoms with van der Waals surface area (Å²) in [5, 5.41) is 9.55. The smallest absolute Gasteiger partial charge is 0.336 e.